The van der Waals surface area contributed by atoms with Crippen LogP contribution in [0.5, 0.6) is 0 Å². The van der Waals surface area contributed by atoms with Crippen LogP contribution in [0.15, 0.2) is 47.3 Å². The molecule has 10 heteroatoms. The second-order valence-electron chi connectivity index (χ2n) is 6.30. The third-order valence-electron chi connectivity index (χ3n) is 4.29. The molecule has 0 atom stereocenters. The number of amides is 1. The molecule has 9 nitrogen and oxygen atoms in total. The van der Waals surface area contributed by atoms with Crippen LogP contribution in [0.4, 0.5) is 11.4 Å². The van der Waals surface area contributed by atoms with E-state index in [1.807, 2.05) is 6.92 Å². The monoisotopic (exact) mass is 415 g/mol. The molecule has 150 valence electrons. The number of H-pyrrole nitrogens is 1. The highest BCUT2D eigenvalue weighted by Gasteiger charge is 2.15. The number of nitro benzene ring substituents is 1. The van der Waals surface area contributed by atoms with Gasteiger partial charge in [-0.25, -0.2) is 4.98 Å². The molecule has 2 N–H and O–H groups in total. The number of hydrogen-bond donors (Lipinski definition) is 2. The molecule has 0 fully saturated rings. The van der Waals surface area contributed by atoms with Gasteiger partial charge < -0.3 is 10.3 Å². The second-order valence-corrected chi connectivity index (χ2v) is 6.71. The maximum Gasteiger partial charge on any atom is 0.271 e. The molecular weight excluding hydrogens is 398 g/mol. The highest BCUT2D eigenvalue weighted by atomic mass is 35.5. The Hall–Kier alpha value is -3.30. The molecule has 0 unspecified atom stereocenters. The summed E-state index contributed by atoms with van der Waals surface area (Å²) in [5.41, 5.74) is 0.484. The van der Waals surface area contributed by atoms with Crippen molar-refractivity contribution < 1.29 is 9.72 Å². The standard InChI is InChI=1S/C19H18ClN5O4/c1-2-24(10-17-21-15-6-4-3-5-13(15)19(27)23-17)11-18(26)22-16-8-7-12(25(28)29)9-14(16)20/h3-9H,2,10-11H2,1H3,(H,22,26)(H,21,23,27). The average Bonchev–Trinajstić information content (AvgIpc) is 2.69. The third kappa shape index (κ3) is 4.95. The number of non-ortho nitro benzene ring substituents is 1. The highest BCUT2D eigenvalue weighted by Crippen LogP contribution is 2.26. The van der Waals surface area contributed by atoms with Crippen molar-refractivity contribution in [2.24, 2.45) is 0 Å². The number of nitro groups is 1. The Morgan fingerprint density at radius 2 is 2.07 bits per heavy atom. The minimum absolute atomic E-state index is 0.0281. The maximum absolute atomic E-state index is 12.4. The number of para-hydroxylation sites is 1. The summed E-state index contributed by atoms with van der Waals surface area (Å²) in [6.07, 6.45) is 0. The molecule has 0 aliphatic carbocycles. The van der Waals surface area contributed by atoms with Crippen LogP contribution in [-0.2, 0) is 11.3 Å². The van der Waals surface area contributed by atoms with E-state index in [9.17, 15) is 19.7 Å². The lowest BCUT2D eigenvalue weighted by Crippen LogP contribution is -2.34. The number of rotatable bonds is 7. The topological polar surface area (TPSA) is 121 Å². The van der Waals surface area contributed by atoms with Gasteiger partial charge in [-0.3, -0.25) is 24.6 Å². The van der Waals surface area contributed by atoms with Crippen molar-refractivity contribution in [3.63, 3.8) is 0 Å². The number of nitrogens with zero attached hydrogens (tertiary/aromatic N) is 3. The molecule has 0 aliphatic heterocycles. The first-order chi connectivity index (χ1) is 13.9. The Morgan fingerprint density at radius 3 is 2.76 bits per heavy atom. The molecule has 3 rings (SSSR count). The van der Waals surface area contributed by atoms with Crippen LogP contribution < -0.4 is 10.9 Å². The number of anilines is 1. The quantitative estimate of drug-likeness (QED) is 0.452. The van der Waals surface area contributed by atoms with Gasteiger partial charge >= 0.3 is 0 Å². The van der Waals surface area contributed by atoms with E-state index in [1.54, 1.807) is 29.2 Å². The summed E-state index contributed by atoms with van der Waals surface area (Å²) in [6.45, 7) is 2.72. The lowest BCUT2D eigenvalue weighted by Gasteiger charge is -2.19. The van der Waals surface area contributed by atoms with Gasteiger partial charge in [0.1, 0.15) is 5.82 Å². The Labute approximate surface area is 170 Å². The van der Waals surface area contributed by atoms with Crippen molar-refractivity contribution in [3.05, 3.63) is 73.8 Å². The van der Waals surface area contributed by atoms with E-state index < -0.39 is 4.92 Å². The molecule has 0 bridgehead atoms. The first-order valence-electron chi connectivity index (χ1n) is 8.81. The van der Waals surface area contributed by atoms with Crippen molar-refractivity contribution in [2.45, 2.75) is 13.5 Å². The zero-order valence-corrected chi connectivity index (χ0v) is 16.3. The summed E-state index contributed by atoms with van der Waals surface area (Å²) in [5.74, 6) is 0.113. The van der Waals surface area contributed by atoms with Gasteiger partial charge in [-0.05, 0) is 24.7 Å². The molecule has 29 heavy (non-hydrogen) atoms. The smallest absolute Gasteiger partial charge is 0.271 e. The van der Waals surface area contributed by atoms with Crippen LogP contribution in [-0.4, -0.2) is 38.8 Å². The van der Waals surface area contributed by atoms with Crippen molar-refractivity contribution in [1.82, 2.24) is 14.9 Å². The van der Waals surface area contributed by atoms with Crippen molar-refractivity contribution >= 4 is 39.8 Å². The first-order valence-corrected chi connectivity index (χ1v) is 9.19. The first kappa shape index (κ1) is 20.4. The molecule has 3 aromatic rings. The molecule has 2 aromatic carbocycles. The Morgan fingerprint density at radius 1 is 1.31 bits per heavy atom. The predicted molar refractivity (Wildman–Crippen MR) is 110 cm³/mol. The highest BCUT2D eigenvalue weighted by molar-refractivity contribution is 6.34. The summed E-state index contributed by atoms with van der Waals surface area (Å²) >= 11 is 6.01. The van der Waals surface area contributed by atoms with Crippen LogP contribution in [0.1, 0.15) is 12.7 Å². The van der Waals surface area contributed by atoms with Gasteiger partial charge in [0, 0.05) is 12.1 Å². The number of hydrogen-bond acceptors (Lipinski definition) is 6. The number of nitrogens with one attached hydrogen (secondary N) is 2. The number of benzene rings is 2. The summed E-state index contributed by atoms with van der Waals surface area (Å²) in [4.78, 5) is 43.8. The number of carbonyl (C=O) groups excluding carboxylic acids is 1. The van der Waals surface area contributed by atoms with Crippen molar-refractivity contribution in [2.75, 3.05) is 18.4 Å². The van der Waals surface area contributed by atoms with E-state index in [0.717, 1.165) is 0 Å². The normalized spacial score (nSPS) is 11.0. The molecule has 1 aromatic heterocycles. The SMILES string of the molecule is CCN(CC(=O)Nc1ccc([N+](=O)[O-])cc1Cl)Cc1nc2ccccc2c(=O)[nH]1. The van der Waals surface area contributed by atoms with Gasteiger partial charge in [0.05, 0.1) is 39.6 Å². The molecular formula is C19H18ClN5O4. The molecule has 1 heterocycles. The van der Waals surface area contributed by atoms with Gasteiger partial charge in [-0.2, -0.15) is 0 Å². The van der Waals surface area contributed by atoms with E-state index in [4.69, 9.17) is 11.6 Å². The van der Waals surface area contributed by atoms with Crippen LogP contribution in [0, 0.1) is 10.1 Å². The number of fused-ring (bicyclic) bond motifs is 1. The van der Waals surface area contributed by atoms with Gasteiger partial charge in [0.15, 0.2) is 0 Å². The number of likely N-dealkylation sites (N-methyl/N-ethyl adjacent to an activating group) is 1. The Bertz CT molecular complexity index is 1130. The van der Waals surface area contributed by atoms with Gasteiger partial charge in [0.25, 0.3) is 11.2 Å². The fraction of sp³-hybridized carbons (Fsp3) is 0.211. The van der Waals surface area contributed by atoms with Gasteiger partial charge in [-0.15, -0.1) is 0 Å². The lowest BCUT2D eigenvalue weighted by molar-refractivity contribution is -0.384. The Balaban J connectivity index is 1.69. The summed E-state index contributed by atoms with van der Waals surface area (Å²) in [6, 6.07) is 10.9. The summed E-state index contributed by atoms with van der Waals surface area (Å²) in [7, 11) is 0. The van der Waals surface area contributed by atoms with Gasteiger partial charge in [-0.1, -0.05) is 30.7 Å². The summed E-state index contributed by atoms with van der Waals surface area (Å²) < 4.78 is 0. The van der Waals surface area contributed by atoms with E-state index in [-0.39, 0.29) is 41.0 Å². The number of carbonyl (C=O) groups is 1. The van der Waals surface area contributed by atoms with Crippen LogP contribution in [0.2, 0.25) is 5.02 Å². The minimum Gasteiger partial charge on any atom is -0.324 e. The molecule has 0 saturated carbocycles. The number of aromatic nitrogens is 2. The molecule has 0 aliphatic rings. The lowest BCUT2D eigenvalue weighted by atomic mass is 10.2. The average molecular weight is 416 g/mol. The van der Waals surface area contributed by atoms with Crippen molar-refractivity contribution in [1.29, 1.82) is 0 Å². The minimum atomic E-state index is -0.562. The zero-order valence-electron chi connectivity index (χ0n) is 15.5. The molecule has 1 amide bonds. The number of aromatic amines is 1. The molecule has 0 saturated heterocycles. The maximum atomic E-state index is 12.4. The zero-order chi connectivity index (χ0) is 21.0. The van der Waals surface area contributed by atoms with E-state index in [1.165, 1.54) is 18.2 Å². The fourth-order valence-electron chi connectivity index (χ4n) is 2.81. The third-order valence-corrected chi connectivity index (χ3v) is 4.60. The Kier molecular flexibility index (Phi) is 6.20. The molecule has 0 radical (unpaired) electrons. The fourth-order valence-corrected chi connectivity index (χ4v) is 3.03. The van der Waals surface area contributed by atoms with Crippen LogP contribution in [0.25, 0.3) is 10.9 Å². The van der Waals surface area contributed by atoms with E-state index >= 15 is 0 Å². The van der Waals surface area contributed by atoms with Gasteiger partial charge in [0.2, 0.25) is 5.91 Å². The van der Waals surface area contributed by atoms with Crippen molar-refractivity contribution in [3.8, 4) is 0 Å². The summed E-state index contributed by atoms with van der Waals surface area (Å²) in [5, 5.41) is 14.0. The van der Waals surface area contributed by atoms with Crippen LogP contribution >= 0.6 is 11.6 Å². The number of halogens is 1. The molecule has 0 spiro atoms. The van der Waals surface area contributed by atoms with E-state index in [0.29, 0.717) is 23.3 Å². The second kappa shape index (κ2) is 8.80. The van der Waals surface area contributed by atoms with Crippen LogP contribution in [0.3, 0.4) is 0 Å². The van der Waals surface area contributed by atoms with E-state index in [2.05, 4.69) is 15.3 Å². The largest absolute Gasteiger partial charge is 0.324 e. The predicted octanol–water partition coefficient (Wildman–Crippen LogP) is 2.95.